The molecule has 2 aliphatic rings. The SMILES string of the molecule is CC1(c2ccc(C(=O)C3C[C@@H]3C(=O)O)cc2Cl)CC1. The summed E-state index contributed by atoms with van der Waals surface area (Å²) >= 11 is 6.25. The number of carbonyl (C=O) groups excluding carboxylic acids is 1. The van der Waals surface area contributed by atoms with Crippen LogP contribution in [0.2, 0.25) is 5.02 Å². The molecule has 2 atom stereocenters. The average molecular weight is 279 g/mol. The molecule has 3 rings (SSSR count). The van der Waals surface area contributed by atoms with Crippen LogP contribution in [0.3, 0.4) is 0 Å². The first-order valence-electron chi connectivity index (χ1n) is 6.49. The minimum atomic E-state index is -0.883. The maximum atomic E-state index is 12.1. The molecule has 100 valence electrons. The van der Waals surface area contributed by atoms with E-state index in [-0.39, 0.29) is 17.1 Å². The van der Waals surface area contributed by atoms with Crippen molar-refractivity contribution in [3.63, 3.8) is 0 Å². The maximum Gasteiger partial charge on any atom is 0.307 e. The molecule has 0 aliphatic heterocycles. The lowest BCUT2D eigenvalue weighted by Crippen LogP contribution is -2.09. The van der Waals surface area contributed by atoms with Crippen molar-refractivity contribution < 1.29 is 14.7 Å². The first kappa shape index (κ1) is 12.7. The molecule has 3 nitrogen and oxygen atoms in total. The number of aliphatic carboxylic acids is 1. The smallest absolute Gasteiger partial charge is 0.307 e. The van der Waals surface area contributed by atoms with Crippen molar-refractivity contribution in [3.8, 4) is 0 Å². The van der Waals surface area contributed by atoms with Gasteiger partial charge in [-0.05, 0) is 36.3 Å². The van der Waals surface area contributed by atoms with E-state index in [1.54, 1.807) is 12.1 Å². The van der Waals surface area contributed by atoms with Crippen LogP contribution in [-0.4, -0.2) is 16.9 Å². The Balaban J connectivity index is 1.81. The van der Waals surface area contributed by atoms with Gasteiger partial charge < -0.3 is 5.11 Å². The predicted molar refractivity (Wildman–Crippen MR) is 71.6 cm³/mol. The molecule has 4 heteroatoms. The van der Waals surface area contributed by atoms with E-state index < -0.39 is 11.9 Å². The Kier molecular flexibility index (Phi) is 2.72. The van der Waals surface area contributed by atoms with Gasteiger partial charge in [0.25, 0.3) is 0 Å². The van der Waals surface area contributed by atoms with Gasteiger partial charge in [-0.3, -0.25) is 9.59 Å². The Morgan fingerprint density at radius 1 is 1.32 bits per heavy atom. The van der Waals surface area contributed by atoms with Crippen molar-refractivity contribution in [2.24, 2.45) is 11.8 Å². The van der Waals surface area contributed by atoms with E-state index in [0.717, 1.165) is 18.4 Å². The Hall–Kier alpha value is -1.35. The summed E-state index contributed by atoms with van der Waals surface area (Å²) in [6.45, 7) is 2.16. The number of carbonyl (C=O) groups is 2. The number of ketones is 1. The first-order valence-corrected chi connectivity index (χ1v) is 6.87. The summed E-state index contributed by atoms with van der Waals surface area (Å²) < 4.78 is 0. The van der Waals surface area contributed by atoms with Gasteiger partial charge in [-0.25, -0.2) is 0 Å². The minimum Gasteiger partial charge on any atom is -0.481 e. The van der Waals surface area contributed by atoms with Gasteiger partial charge in [0.2, 0.25) is 0 Å². The number of carboxylic acid groups (broad SMARTS) is 1. The lowest BCUT2D eigenvalue weighted by Gasteiger charge is -2.12. The lowest BCUT2D eigenvalue weighted by molar-refractivity contribution is -0.138. The molecular weight excluding hydrogens is 264 g/mol. The third kappa shape index (κ3) is 2.16. The Bertz CT molecular complexity index is 575. The zero-order valence-electron chi connectivity index (χ0n) is 10.6. The van der Waals surface area contributed by atoms with Crippen LogP contribution in [0, 0.1) is 11.8 Å². The number of halogens is 1. The number of rotatable bonds is 4. The molecule has 2 saturated carbocycles. The average Bonchev–Trinajstić information content (AvgIpc) is 3.23. The highest BCUT2D eigenvalue weighted by molar-refractivity contribution is 6.32. The van der Waals surface area contributed by atoms with Gasteiger partial charge in [0.05, 0.1) is 5.92 Å². The van der Waals surface area contributed by atoms with E-state index in [0.29, 0.717) is 17.0 Å². The third-order valence-corrected chi connectivity index (χ3v) is 4.66. The van der Waals surface area contributed by atoms with Crippen molar-refractivity contribution >= 4 is 23.4 Å². The van der Waals surface area contributed by atoms with Gasteiger partial charge in [0, 0.05) is 16.5 Å². The highest BCUT2D eigenvalue weighted by atomic mass is 35.5. The van der Waals surface area contributed by atoms with Crippen LogP contribution < -0.4 is 0 Å². The highest BCUT2D eigenvalue weighted by Crippen LogP contribution is 2.50. The quantitative estimate of drug-likeness (QED) is 0.860. The van der Waals surface area contributed by atoms with Crippen molar-refractivity contribution in [2.75, 3.05) is 0 Å². The summed E-state index contributed by atoms with van der Waals surface area (Å²) in [6, 6.07) is 5.39. The molecule has 0 aromatic heterocycles. The minimum absolute atomic E-state index is 0.0956. The summed E-state index contributed by atoms with van der Waals surface area (Å²) in [5, 5.41) is 9.48. The molecule has 2 fully saturated rings. The molecule has 1 N–H and O–H groups in total. The van der Waals surface area contributed by atoms with Crippen LogP contribution in [0.1, 0.15) is 42.1 Å². The maximum absolute atomic E-state index is 12.1. The lowest BCUT2D eigenvalue weighted by atomic mass is 9.95. The number of hydrogen-bond acceptors (Lipinski definition) is 2. The van der Waals surface area contributed by atoms with Gasteiger partial charge in [0.1, 0.15) is 0 Å². The zero-order chi connectivity index (χ0) is 13.8. The van der Waals surface area contributed by atoms with Crippen LogP contribution in [0.4, 0.5) is 0 Å². The molecule has 0 bridgehead atoms. The van der Waals surface area contributed by atoms with Crippen molar-refractivity contribution in [1.29, 1.82) is 0 Å². The first-order chi connectivity index (χ1) is 8.92. The Morgan fingerprint density at radius 2 is 2.00 bits per heavy atom. The second-order valence-corrected chi connectivity index (χ2v) is 6.31. The molecule has 2 aliphatic carbocycles. The topological polar surface area (TPSA) is 54.4 Å². The van der Waals surface area contributed by atoms with Crippen LogP contribution in [-0.2, 0) is 10.2 Å². The fourth-order valence-corrected chi connectivity index (χ4v) is 3.00. The molecule has 1 aromatic carbocycles. The summed E-state index contributed by atoms with van der Waals surface area (Å²) in [4.78, 5) is 22.9. The van der Waals surface area contributed by atoms with Gasteiger partial charge >= 0.3 is 5.97 Å². The monoisotopic (exact) mass is 278 g/mol. The molecule has 0 spiro atoms. The van der Waals surface area contributed by atoms with E-state index in [1.165, 1.54) is 0 Å². The summed E-state index contributed by atoms with van der Waals surface area (Å²) in [6.07, 6.45) is 2.71. The number of carboxylic acids is 1. The normalized spacial score (nSPS) is 26.8. The fraction of sp³-hybridized carbons (Fsp3) is 0.467. The van der Waals surface area contributed by atoms with E-state index in [4.69, 9.17) is 16.7 Å². The molecule has 1 unspecified atom stereocenters. The molecule has 19 heavy (non-hydrogen) atoms. The largest absolute Gasteiger partial charge is 0.481 e. The van der Waals surface area contributed by atoms with Crippen LogP contribution in [0.25, 0.3) is 0 Å². The predicted octanol–water partition coefficient (Wildman–Crippen LogP) is 3.29. The van der Waals surface area contributed by atoms with Crippen molar-refractivity contribution in [2.45, 2.75) is 31.6 Å². The summed E-state index contributed by atoms with van der Waals surface area (Å²) in [5.74, 6) is -1.85. The summed E-state index contributed by atoms with van der Waals surface area (Å²) in [7, 11) is 0. The van der Waals surface area contributed by atoms with E-state index >= 15 is 0 Å². The van der Waals surface area contributed by atoms with Gasteiger partial charge in [-0.15, -0.1) is 0 Å². The second-order valence-electron chi connectivity index (χ2n) is 5.91. The van der Waals surface area contributed by atoms with Crippen molar-refractivity contribution in [3.05, 3.63) is 34.3 Å². The van der Waals surface area contributed by atoms with Crippen LogP contribution in [0.15, 0.2) is 18.2 Å². The fourth-order valence-electron chi connectivity index (χ4n) is 2.59. The Labute approximate surface area is 116 Å². The van der Waals surface area contributed by atoms with Crippen molar-refractivity contribution in [1.82, 2.24) is 0 Å². The van der Waals surface area contributed by atoms with Gasteiger partial charge in [-0.1, -0.05) is 30.7 Å². The van der Waals surface area contributed by atoms with Crippen LogP contribution >= 0.6 is 11.6 Å². The Morgan fingerprint density at radius 3 is 2.47 bits per heavy atom. The third-order valence-electron chi connectivity index (χ3n) is 4.35. The van der Waals surface area contributed by atoms with Gasteiger partial charge in [0.15, 0.2) is 5.78 Å². The van der Waals surface area contributed by atoms with Gasteiger partial charge in [-0.2, -0.15) is 0 Å². The second kappa shape index (κ2) is 4.07. The molecule has 0 amide bonds. The molecule has 1 aromatic rings. The van der Waals surface area contributed by atoms with E-state index in [1.807, 2.05) is 6.07 Å². The number of hydrogen-bond donors (Lipinski definition) is 1. The standard InChI is InChI=1S/C15H15ClO3/c1-15(4-5-15)11-3-2-8(6-12(11)16)13(17)9-7-10(9)14(18)19/h2-3,6,9-10H,4-5,7H2,1H3,(H,18,19)/t9?,10-/m0/s1. The highest BCUT2D eigenvalue weighted by Gasteiger charge is 2.48. The molecular formula is C15H15ClO3. The molecule has 0 heterocycles. The molecule has 0 saturated heterocycles. The number of benzene rings is 1. The number of Topliss-reactive ketones (excluding diaryl/α,β-unsaturated/α-hetero) is 1. The summed E-state index contributed by atoms with van der Waals surface area (Å²) in [5.41, 5.74) is 1.80. The van der Waals surface area contributed by atoms with E-state index in [2.05, 4.69) is 6.92 Å². The molecule has 0 radical (unpaired) electrons. The van der Waals surface area contributed by atoms with E-state index in [9.17, 15) is 9.59 Å². The zero-order valence-corrected chi connectivity index (χ0v) is 11.4. The van der Waals surface area contributed by atoms with Crippen LogP contribution in [0.5, 0.6) is 0 Å².